The maximum atomic E-state index is 11.4. The molecular weight excluding hydrogens is 220 g/mol. The van der Waals surface area contributed by atoms with Gasteiger partial charge in [0.15, 0.2) is 0 Å². The van der Waals surface area contributed by atoms with Crippen LogP contribution in [-0.4, -0.2) is 36.0 Å². The second kappa shape index (κ2) is 5.69. The Kier molecular flexibility index (Phi) is 4.77. The van der Waals surface area contributed by atoms with Crippen molar-refractivity contribution in [1.29, 1.82) is 0 Å². The Bertz CT molecular complexity index is 263. The van der Waals surface area contributed by atoms with E-state index in [0.717, 1.165) is 12.8 Å². The van der Waals surface area contributed by atoms with E-state index in [9.17, 15) is 4.79 Å². The number of nitrogens with two attached hydrogens (primary N) is 1. The molecule has 3 unspecified atom stereocenters. The van der Waals surface area contributed by atoms with Gasteiger partial charge in [-0.15, -0.1) is 0 Å². The van der Waals surface area contributed by atoms with Crippen LogP contribution in [0.25, 0.3) is 0 Å². The number of ether oxygens (including phenoxy) is 1. The van der Waals surface area contributed by atoms with Crippen molar-refractivity contribution in [2.24, 2.45) is 17.6 Å². The summed E-state index contributed by atoms with van der Waals surface area (Å²) in [5.74, 6) is 0.403. The molecule has 0 bridgehead atoms. The van der Waals surface area contributed by atoms with Gasteiger partial charge in [0.05, 0.1) is 0 Å². The monoisotopic (exact) mass is 244 g/mol. The van der Waals surface area contributed by atoms with Crippen molar-refractivity contribution < 1.29 is 14.6 Å². The summed E-state index contributed by atoms with van der Waals surface area (Å²) in [5, 5.41) is 11.8. The van der Waals surface area contributed by atoms with Gasteiger partial charge in [-0.1, -0.05) is 0 Å². The third-order valence-electron chi connectivity index (χ3n) is 3.14. The molecule has 1 fully saturated rings. The number of hydrogen-bond acceptors (Lipinski definition) is 4. The van der Waals surface area contributed by atoms with E-state index in [1.807, 2.05) is 20.8 Å². The summed E-state index contributed by atoms with van der Waals surface area (Å²) in [4.78, 5) is 11.4. The van der Waals surface area contributed by atoms with Crippen molar-refractivity contribution in [2.45, 2.75) is 45.3 Å². The number of hydrogen-bond donors (Lipinski definition) is 3. The van der Waals surface area contributed by atoms with Crippen LogP contribution in [-0.2, 0) is 4.74 Å². The van der Waals surface area contributed by atoms with E-state index in [0.29, 0.717) is 6.54 Å². The fourth-order valence-electron chi connectivity index (χ4n) is 2.18. The second-order valence-electron chi connectivity index (χ2n) is 5.74. The highest BCUT2D eigenvalue weighted by Gasteiger charge is 2.33. The number of carbonyl (C=O) groups is 1. The van der Waals surface area contributed by atoms with E-state index >= 15 is 0 Å². The maximum Gasteiger partial charge on any atom is 0.407 e. The Balaban J connectivity index is 2.30. The topological polar surface area (TPSA) is 84.6 Å². The van der Waals surface area contributed by atoms with Crippen LogP contribution >= 0.6 is 0 Å². The van der Waals surface area contributed by atoms with Crippen LogP contribution in [0.15, 0.2) is 0 Å². The SMILES string of the molecule is CC(C)(C)OC(=O)NCC1CCC(CO)C1N. The standard InChI is InChI=1S/C12H24N2O3/c1-12(2,3)17-11(16)14-6-8-4-5-9(7-15)10(8)13/h8-10,15H,4-7,13H2,1-3H3,(H,14,16). The number of rotatable bonds is 3. The molecule has 17 heavy (non-hydrogen) atoms. The van der Waals surface area contributed by atoms with E-state index in [2.05, 4.69) is 5.32 Å². The molecule has 0 aromatic heterocycles. The number of nitrogens with one attached hydrogen (secondary N) is 1. The van der Waals surface area contributed by atoms with Crippen molar-refractivity contribution in [1.82, 2.24) is 5.32 Å². The predicted molar refractivity (Wildman–Crippen MR) is 65.5 cm³/mol. The fraction of sp³-hybridized carbons (Fsp3) is 0.917. The molecule has 1 amide bonds. The molecule has 0 aliphatic heterocycles. The molecule has 0 radical (unpaired) electrons. The smallest absolute Gasteiger partial charge is 0.407 e. The normalized spacial score (nSPS) is 29.1. The van der Waals surface area contributed by atoms with E-state index in [-0.39, 0.29) is 24.5 Å². The van der Waals surface area contributed by atoms with Crippen molar-refractivity contribution in [3.8, 4) is 0 Å². The molecule has 4 N–H and O–H groups in total. The quantitative estimate of drug-likeness (QED) is 0.687. The second-order valence-corrected chi connectivity index (χ2v) is 5.74. The molecular formula is C12H24N2O3. The molecule has 1 saturated carbocycles. The number of alkyl carbamates (subject to hydrolysis) is 1. The average molecular weight is 244 g/mol. The first-order chi connectivity index (χ1) is 7.83. The van der Waals surface area contributed by atoms with Crippen molar-refractivity contribution in [3.63, 3.8) is 0 Å². The zero-order valence-electron chi connectivity index (χ0n) is 10.9. The molecule has 0 aromatic rings. The van der Waals surface area contributed by atoms with Crippen LogP contribution in [0.3, 0.4) is 0 Å². The van der Waals surface area contributed by atoms with Gasteiger partial charge >= 0.3 is 6.09 Å². The van der Waals surface area contributed by atoms with Gasteiger partial charge in [-0.25, -0.2) is 4.79 Å². The summed E-state index contributed by atoms with van der Waals surface area (Å²) in [6, 6.07) is -0.0325. The van der Waals surface area contributed by atoms with Crippen molar-refractivity contribution in [3.05, 3.63) is 0 Å². The Morgan fingerprint density at radius 1 is 1.41 bits per heavy atom. The fourth-order valence-corrected chi connectivity index (χ4v) is 2.18. The molecule has 0 saturated heterocycles. The van der Waals surface area contributed by atoms with E-state index in [1.165, 1.54) is 0 Å². The van der Waals surface area contributed by atoms with Gasteiger partial charge in [-0.3, -0.25) is 0 Å². The van der Waals surface area contributed by atoms with Crippen LogP contribution in [0.1, 0.15) is 33.6 Å². The van der Waals surface area contributed by atoms with Crippen molar-refractivity contribution >= 4 is 6.09 Å². The Morgan fingerprint density at radius 3 is 2.47 bits per heavy atom. The molecule has 100 valence electrons. The largest absolute Gasteiger partial charge is 0.444 e. The first-order valence-corrected chi connectivity index (χ1v) is 6.17. The van der Waals surface area contributed by atoms with Crippen LogP contribution in [0.2, 0.25) is 0 Å². The highest BCUT2D eigenvalue weighted by molar-refractivity contribution is 5.67. The Hall–Kier alpha value is -0.810. The van der Waals surface area contributed by atoms with Gasteiger partial charge in [-0.05, 0) is 45.4 Å². The third-order valence-corrected chi connectivity index (χ3v) is 3.14. The summed E-state index contributed by atoms with van der Waals surface area (Å²) < 4.78 is 5.15. The number of aliphatic hydroxyl groups excluding tert-OH is 1. The minimum Gasteiger partial charge on any atom is -0.444 e. The summed E-state index contributed by atoms with van der Waals surface area (Å²) in [5.41, 5.74) is 5.52. The van der Waals surface area contributed by atoms with Gasteiger partial charge in [-0.2, -0.15) is 0 Å². The molecule has 5 heteroatoms. The molecule has 1 aliphatic carbocycles. The van der Waals surface area contributed by atoms with Gasteiger partial charge < -0.3 is 20.9 Å². The lowest BCUT2D eigenvalue weighted by Crippen LogP contribution is -2.41. The maximum absolute atomic E-state index is 11.4. The number of aliphatic hydroxyl groups is 1. The van der Waals surface area contributed by atoms with Crippen molar-refractivity contribution in [2.75, 3.05) is 13.2 Å². The van der Waals surface area contributed by atoms with Gasteiger partial charge in [0.25, 0.3) is 0 Å². The molecule has 5 nitrogen and oxygen atoms in total. The number of carbonyl (C=O) groups excluding carboxylic acids is 1. The zero-order chi connectivity index (χ0) is 13.1. The highest BCUT2D eigenvalue weighted by Crippen LogP contribution is 2.29. The molecule has 0 aromatic carbocycles. The van der Waals surface area contributed by atoms with Gasteiger partial charge in [0.2, 0.25) is 0 Å². The third kappa shape index (κ3) is 4.52. The molecule has 0 heterocycles. The zero-order valence-corrected chi connectivity index (χ0v) is 10.9. The predicted octanol–water partition coefficient (Wildman–Crippen LogP) is 0.857. The first kappa shape index (κ1) is 14.3. The molecule has 0 spiro atoms. The summed E-state index contributed by atoms with van der Waals surface area (Å²) in [7, 11) is 0. The molecule has 1 rings (SSSR count). The minimum atomic E-state index is -0.477. The van der Waals surface area contributed by atoms with Crippen LogP contribution in [0, 0.1) is 11.8 Å². The average Bonchev–Trinajstić information content (AvgIpc) is 2.54. The van der Waals surface area contributed by atoms with Crippen LogP contribution < -0.4 is 11.1 Å². The minimum absolute atomic E-state index is 0.0325. The van der Waals surface area contributed by atoms with E-state index in [1.54, 1.807) is 0 Å². The lowest BCUT2D eigenvalue weighted by Gasteiger charge is -2.22. The van der Waals surface area contributed by atoms with E-state index in [4.69, 9.17) is 15.6 Å². The summed E-state index contributed by atoms with van der Waals surface area (Å²) in [6.07, 6.45) is 1.47. The first-order valence-electron chi connectivity index (χ1n) is 6.17. The van der Waals surface area contributed by atoms with Gasteiger partial charge in [0, 0.05) is 19.2 Å². The number of amides is 1. The molecule has 1 aliphatic rings. The van der Waals surface area contributed by atoms with Gasteiger partial charge in [0.1, 0.15) is 5.60 Å². The van der Waals surface area contributed by atoms with Crippen LogP contribution in [0.4, 0.5) is 4.79 Å². The summed E-state index contributed by atoms with van der Waals surface area (Å²) >= 11 is 0. The Morgan fingerprint density at radius 2 is 2.00 bits per heavy atom. The highest BCUT2D eigenvalue weighted by atomic mass is 16.6. The lowest BCUT2D eigenvalue weighted by atomic mass is 9.99. The lowest BCUT2D eigenvalue weighted by molar-refractivity contribution is 0.0517. The molecule has 3 atom stereocenters. The Labute approximate surface area is 103 Å². The van der Waals surface area contributed by atoms with Crippen LogP contribution in [0.5, 0.6) is 0 Å². The van der Waals surface area contributed by atoms with E-state index < -0.39 is 11.7 Å². The summed E-state index contributed by atoms with van der Waals surface area (Å²) in [6.45, 7) is 6.14.